The molecule has 106 valence electrons. The number of carbonyl (C=O) groups excluding carboxylic acids is 2. The van der Waals surface area contributed by atoms with Crippen molar-refractivity contribution < 1.29 is 14.3 Å². The van der Waals surface area contributed by atoms with Crippen LogP contribution >= 0.6 is 0 Å². The van der Waals surface area contributed by atoms with E-state index in [0.29, 0.717) is 24.4 Å². The number of benzene rings is 1. The molecule has 0 atom stereocenters. The van der Waals surface area contributed by atoms with Gasteiger partial charge in [0.2, 0.25) is 0 Å². The Morgan fingerprint density at radius 3 is 2.60 bits per heavy atom. The van der Waals surface area contributed by atoms with E-state index in [2.05, 4.69) is 6.92 Å². The second kappa shape index (κ2) is 6.37. The van der Waals surface area contributed by atoms with E-state index in [0.717, 1.165) is 18.4 Å². The quantitative estimate of drug-likeness (QED) is 0.612. The number of nitrogens with zero attached hydrogens (tertiary/aromatic N) is 1. The topological polar surface area (TPSA) is 46.6 Å². The molecular formula is C16H19NO3. The minimum Gasteiger partial charge on any atom is -0.463 e. The summed E-state index contributed by atoms with van der Waals surface area (Å²) in [6.45, 7) is 4.78. The zero-order valence-corrected chi connectivity index (χ0v) is 11.9. The molecule has 4 heteroatoms. The minimum absolute atomic E-state index is 0.0374. The van der Waals surface area contributed by atoms with E-state index in [-0.39, 0.29) is 5.91 Å². The van der Waals surface area contributed by atoms with Gasteiger partial charge in [0.15, 0.2) is 0 Å². The Morgan fingerprint density at radius 2 is 1.95 bits per heavy atom. The largest absolute Gasteiger partial charge is 0.463 e. The lowest BCUT2D eigenvalue weighted by molar-refractivity contribution is -0.137. The van der Waals surface area contributed by atoms with Crippen LogP contribution in [0.5, 0.6) is 0 Å². The van der Waals surface area contributed by atoms with E-state index in [1.54, 1.807) is 17.9 Å². The molecule has 1 aromatic rings. The van der Waals surface area contributed by atoms with Gasteiger partial charge in [-0.05, 0) is 19.4 Å². The molecule has 0 radical (unpaired) electrons. The lowest BCUT2D eigenvalue weighted by Gasteiger charge is -2.17. The number of carbonyl (C=O) groups is 2. The average molecular weight is 273 g/mol. The first-order valence-electron chi connectivity index (χ1n) is 6.98. The number of hydrogen-bond acceptors (Lipinski definition) is 3. The number of fused-ring (bicyclic) bond motifs is 1. The van der Waals surface area contributed by atoms with Crippen molar-refractivity contribution in [2.24, 2.45) is 0 Å². The highest BCUT2D eigenvalue weighted by atomic mass is 16.5. The number of hydrogen-bond donors (Lipinski definition) is 0. The van der Waals surface area contributed by atoms with Crippen LogP contribution in [0.1, 0.15) is 42.6 Å². The molecule has 0 fully saturated rings. The van der Waals surface area contributed by atoms with Crippen LogP contribution < -0.4 is 0 Å². The van der Waals surface area contributed by atoms with Gasteiger partial charge in [0.05, 0.1) is 12.3 Å². The summed E-state index contributed by atoms with van der Waals surface area (Å²) >= 11 is 0. The normalized spacial score (nSPS) is 15.6. The molecule has 2 rings (SSSR count). The number of amides is 1. The van der Waals surface area contributed by atoms with Crippen molar-refractivity contribution in [3.05, 3.63) is 41.5 Å². The number of esters is 1. The third kappa shape index (κ3) is 2.74. The summed E-state index contributed by atoms with van der Waals surface area (Å²) in [6, 6.07) is 7.36. The summed E-state index contributed by atoms with van der Waals surface area (Å²) in [5.74, 6) is -0.446. The van der Waals surface area contributed by atoms with E-state index in [1.807, 2.05) is 18.2 Å². The van der Waals surface area contributed by atoms with Gasteiger partial charge in [-0.1, -0.05) is 31.5 Å². The summed E-state index contributed by atoms with van der Waals surface area (Å²) in [7, 11) is 0. The van der Waals surface area contributed by atoms with Crippen LogP contribution in [0.25, 0.3) is 5.70 Å². The van der Waals surface area contributed by atoms with E-state index >= 15 is 0 Å². The first kappa shape index (κ1) is 14.3. The third-order valence-electron chi connectivity index (χ3n) is 3.25. The van der Waals surface area contributed by atoms with Gasteiger partial charge >= 0.3 is 5.97 Å². The van der Waals surface area contributed by atoms with Gasteiger partial charge in [0, 0.05) is 23.7 Å². The molecule has 1 aliphatic heterocycles. The van der Waals surface area contributed by atoms with E-state index < -0.39 is 5.97 Å². The van der Waals surface area contributed by atoms with Crippen LogP contribution in [-0.4, -0.2) is 29.9 Å². The van der Waals surface area contributed by atoms with Crippen molar-refractivity contribution in [1.29, 1.82) is 0 Å². The Hall–Kier alpha value is -2.10. The van der Waals surface area contributed by atoms with Crippen molar-refractivity contribution in [1.82, 2.24) is 4.90 Å². The first-order chi connectivity index (χ1) is 9.69. The van der Waals surface area contributed by atoms with Gasteiger partial charge < -0.3 is 9.64 Å². The molecule has 0 aliphatic carbocycles. The van der Waals surface area contributed by atoms with Gasteiger partial charge in [0.1, 0.15) is 0 Å². The molecule has 0 spiro atoms. The van der Waals surface area contributed by atoms with E-state index in [4.69, 9.17) is 4.74 Å². The summed E-state index contributed by atoms with van der Waals surface area (Å²) in [5.41, 5.74) is 2.11. The maximum atomic E-state index is 12.4. The fraction of sp³-hybridized carbons (Fsp3) is 0.375. The van der Waals surface area contributed by atoms with Crippen molar-refractivity contribution in [3.8, 4) is 0 Å². The molecule has 1 heterocycles. The Bertz CT molecular complexity index is 548. The number of ether oxygens (including phenoxy) is 1. The highest BCUT2D eigenvalue weighted by molar-refractivity contribution is 6.11. The third-order valence-corrected chi connectivity index (χ3v) is 3.25. The Kier molecular flexibility index (Phi) is 4.56. The SMILES string of the molecule is CCCCN1C(=O)c2ccccc2/C1=C\C(=O)OCC. The van der Waals surface area contributed by atoms with Crippen molar-refractivity contribution >= 4 is 17.6 Å². The summed E-state index contributed by atoms with van der Waals surface area (Å²) in [6.07, 6.45) is 3.32. The standard InChI is InChI=1S/C16H19NO3/c1-3-5-10-17-14(11-15(18)20-4-2)12-8-6-7-9-13(12)16(17)19/h6-9,11H,3-5,10H2,1-2H3/b14-11+. The lowest BCUT2D eigenvalue weighted by atomic mass is 10.1. The highest BCUT2D eigenvalue weighted by Gasteiger charge is 2.31. The van der Waals surface area contributed by atoms with Crippen LogP contribution in [0, 0.1) is 0 Å². The molecule has 0 aromatic heterocycles. The number of rotatable bonds is 5. The van der Waals surface area contributed by atoms with Gasteiger partial charge in [-0.25, -0.2) is 4.79 Å². The minimum atomic E-state index is -0.409. The molecule has 20 heavy (non-hydrogen) atoms. The van der Waals surface area contributed by atoms with Crippen LogP contribution in [0.3, 0.4) is 0 Å². The molecule has 0 saturated carbocycles. The second-order valence-corrected chi connectivity index (χ2v) is 4.64. The predicted molar refractivity (Wildman–Crippen MR) is 77.0 cm³/mol. The van der Waals surface area contributed by atoms with Gasteiger partial charge in [0.25, 0.3) is 5.91 Å². The second-order valence-electron chi connectivity index (χ2n) is 4.64. The molecule has 1 aliphatic rings. The Labute approximate surface area is 119 Å². The zero-order valence-electron chi connectivity index (χ0n) is 11.9. The van der Waals surface area contributed by atoms with Gasteiger partial charge in [-0.15, -0.1) is 0 Å². The van der Waals surface area contributed by atoms with E-state index in [1.165, 1.54) is 6.08 Å². The maximum absolute atomic E-state index is 12.4. The maximum Gasteiger partial charge on any atom is 0.332 e. The lowest BCUT2D eigenvalue weighted by Crippen LogP contribution is -2.24. The van der Waals surface area contributed by atoms with Crippen LogP contribution in [0.4, 0.5) is 0 Å². The molecular weight excluding hydrogens is 254 g/mol. The summed E-state index contributed by atoms with van der Waals surface area (Å²) < 4.78 is 4.95. The Morgan fingerprint density at radius 1 is 1.25 bits per heavy atom. The van der Waals surface area contributed by atoms with Gasteiger partial charge in [-0.3, -0.25) is 4.79 Å². The fourth-order valence-electron chi connectivity index (χ4n) is 2.28. The number of unbranched alkanes of at least 4 members (excludes halogenated alkanes) is 1. The molecule has 0 unspecified atom stereocenters. The molecule has 0 saturated heterocycles. The molecule has 0 N–H and O–H groups in total. The molecule has 0 bridgehead atoms. The highest BCUT2D eigenvalue weighted by Crippen LogP contribution is 2.32. The smallest absolute Gasteiger partial charge is 0.332 e. The zero-order chi connectivity index (χ0) is 14.5. The summed E-state index contributed by atoms with van der Waals surface area (Å²) in [4.78, 5) is 25.8. The van der Waals surface area contributed by atoms with E-state index in [9.17, 15) is 9.59 Å². The van der Waals surface area contributed by atoms with Crippen LogP contribution in [0.15, 0.2) is 30.3 Å². The Balaban J connectivity index is 2.37. The predicted octanol–water partition coefficient (Wildman–Crippen LogP) is 2.85. The monoisotopic (exact) mass is 273 g/mol. The fourth-order valence-corrected chi connectivity index (χ4v) is 2.28. The van der Waals surface area contributed by atoms with Crippen molar-refractivity contribution in [3.63, 3.8) is 0 Å². The van der Waals surface area contributed by atoms with Crippen LogP contribution in [0.2, 0.25) is 0 Å². The van der Waals surface area contributed by atoms with Gasteiger partial charge in [-0.2, -0.15) is 0 Å². The molecule has 4 nitrogen and oxygen atoms in total. The summed E-state index contributed by atoms with van der Waals surface area (Å²) in [5, 5.41) is 0. The molecule has 1 aromatic carbocycles. The van der Waals surface area contributed by atoms with Crippen molar-refractivity contribution in [2.45, 2.75) is 26.7 Å². The average Bonchev–Trinajstić information content (AvgIpc) is 2.71. The molecule has 1 amide bonds. The van der Waals surface area contributed by atoms with Crippen LogP contribution in [-0.2, 0) is 9.53 Å². The first-order valence-corrected chi connectivity index (χ1v) is 6.98. The van der Waals surface area contributed by atoms with Crippen molar-refractivity contribution in [2.75, 3.05) is 13.2 Å².